The SMILES string of the molecule is CCC1(COP(=O)(OCO)OCOC(=O)C(C)(C)C)CCC(n2ccc(=O)[nH]c2=O)O1. The Bertz CT molecular complexity index is 921. The Hall–Kier alpha value is -1.82. The van der Waals surface area contributed by atoms with Crippen molar-refractivity contribution in [2.75, 3.05) is 20.2 Å². The molecule has 12 nitrogen and oxygen atoms in total. The Morgan fingerprint density at radius 1 is 1.35 bits per heavy atom. The van der Waals surface area contributed by atoms with Crippen molar-refractivity contribution in [3.63, 3.8) is 0 Å². The van der Waals surface area contributed by atoms with Crippen molar-refractivity contribution in [2.45, 2.75) is 58.8 Å². The second kappa shape index (κ2) is 10.2. The summed E-state index contributed by atoms with van der Waals surface area (Å²) in [6.45, 7) is 4.88. The monoisotopic (exact) mass is 464 g/mol. The summed E-state index contributed by atoms with van der Waals surface area (Å²) in [5.74, 6) is -0.582. The first kappa shape index (κ1) is 25.4. The number of aromatic amines is 1. The van der Waals surface area contributed by atoms with E-state index in [-0.39, 0.29) is 6.61 Å². The summed E-state index contributed by atoms with van der Waals surface area (Å²) in [7, 11) is -4.27. The van der Waals surface area contributed by atoms with E-state index >= 15 is 0 Å². The van der Waals surface area contributed by atoms with Gasteiger partial charge in [0.05, 0.1) is 17.6 Å². The van der Waals surface area contributed by atoms with Crippen LogP contribution in [0, 0.1) is 5.41 Å². The van der Waals surface area contributed by atoms with Crippen molar-refractivity contribution in [1.29, 1.82) is 0 Å². The first-order valence-electron chi connectivity index (χ1n) is 9.75. The number of esters is 1. The molecule has 0 aliphatic carbocycles. The van der Waals surface area contributed by atoms with Crippen LogP contribution in [0.3, 0.4) is 0 Å². The highest BCUT2D eigenvalue weighted by Gasteiger charge is 2.43. The Labute approximate surface area is 179 Å². The molecular formula is C18H29N2O10P. The van der Waals surface area contributed by atoms with Crippen LogP contribution in [0.4, 0.5) is 0 Å². The number of carbonyl (C=O) groups excluding carboxylic acids is 1. The van der Waals surface area contributed by atoms with Gasteiger partial charge >= 0.3 is 19.5 Å². The summed E-state index contributed by atoms with van der Waals surface area (Å²) in [6, 6.07) is 1.21. The molecular weight excluding hydrogens is 435 g/mol. The minimum atomic E-state index is -4.27. The molecule has 1 fully saturated rings. The molecule has 2 N–H and O–H groups in total. The number of H-pyrrole nitrogens is 1. The third kappa shape index (κ3) is 6.83. The molecule has 2 rings (SSSR count). The van der Waals surface area contributed by atoms with Crippen molar-refractivity contribution in [3.8, 4) is 0 Å². The van der Waals surface area contributed by atoms with Crippen LogP contribution in [-0.4, -0.2) is 46.4 Å². The first-order valence-corrected chi connectivity index (χ1v) is 11.2. The van der Waals surface area contributed by atoms with Crippen molar-refractivity contribution in [3.05, 3.63) is 33.1 Å². The highest BCUT2D eigenvalue weighted by molar-refractivity contribution is 7.48. The molecule has 0 spiro atoms. The molecule has 0 bridgehead atoms. The number of phosphoric ester groups is 1. The number of aromatic nitrogens is 2. The van der Waals surface area contributed by atoms with Crippen LogP contribution >= 0.6 is 7.82 Å². The van der Waals surface area contributed by atoms with Gasteiger partial charge in [-0.15, -0.1) is 0 Å². The molecule has 0 amide bonds. The lowest BCUT2D eigenvalue weighted by Gasteiger charge is -2.29. The number of hydrogen-bond donors (Lipinski definition) is 2. The Morgan fingerprint density at radius 3 is 2.65 bits per heavy atom. The van der Waals surface area contributed by atoms with E-state index in [9.17, 15) is 18.9 Å². The van der Waals surface area contributed by atoms with Crippen LogP contribution in [0.5, 0.6) is 0 Å². The average Bonchev–Trinajstić information content (AvgIpc) is 3.11. The van der Waals surface area contributed by atoms with Gasteiger partial charge in [-0.1, -0.05) is 6.92 Å². The Morgan fingerprint density at radius 2 is 2.06 bits per heavy atom. The van der Waals surface area contributed by atoms with E-state index in [1.807, 2.05) is 6.92 Å². The van der Waals surface area contributed by atoms with E-state index in [4.69, 9.17) is 28.2 Å². The number of nitrogens with one attached hydrogen (secondary N) is 1. The van der Waals surface area contributed by atoms with Crippen LogP contribution in [0.1, 0.15) is 53.2 Å². The molecule has 176 valence electrons. The fourth-order valence-corrected chi connectivity index (χ4v) is 3.79. The molecule has 0 saturated carbocycles. The van der Waals surface area contributed by atoms with Crippen LogP contribution in [0.15, 0.2) is 21.9 Å². The van der Waals surface area contributed by atoms with Gasteiger partial charge in [-0.05, 0) is 40.0 Å². The van der Waals surface area contributed by atoms with Gasteiger partial charge in [-0.25, -0.2) is 13.9 Å². The van der Waals surface area contributed by atoms with E-state index in [1.165, 1.54) is 16.8 Å². The fourth-order valence-electron chi connectivity index (χ4n) is 2.85. The summed E-state index contributed by atoms with van der Waals surface area (Å²) < 4.78 is 39.9. The smallest absolute Gasteiger partial charge is 0.437 e. The number of hydrogen-bond acceptors (Lipinski definition) is 10. The van der Waals surface area contributed by atoms with Gasteiger partial charge in [-0.2, -0.15) is 0 Å². The molecule has 1 saturated heterocycles. The molecule has 3 atom stereocenters. The molecule has 31 heavy (non-hydrogen) atoms. The molecule has 0 aromatic carbocycles. The lowest BCUT2D eigenvalue weighted by atomic mass is 9.98. The Balaban J connectivity index is 2.02. The number of rotatable bonds is 10. The average molecular weight is 464 g/mol. The first-order chi connectivity index (χ1) is 14.4. The maximum Gasteiger partial charge on any atom is 0.479 e. The standard InChI is InChI=1S/C18H29N2O10P/c1-5-18(8-6-14(30-18)20-9-7-13(22)19-16(20)24)10-27-31(25,28-11-21)29-12-26-15(23)17(2,3)4/h7,9,14,21H,5-6,8,10-12H2,1-4H3,(H,19,22,24). The van der Waals surface area contributed by atoms with Gasteiger partial charge in [-0.3, -0.25) is 28.2 Å². The van der Waals surface area contributed by atoms with Crippen LogP contribution < -0.4 is 11.2 Å². The van der Waals surface area contributed by atoms with Crippen molar-refractivity contribution < 1.29 is 37.5 Å². The zero-order valence-corrected chi connectivity index (χ0v) is 18.9. The van der Waals surface area contributed by atoms with Crippen LogP contribution in [-0.2, 0) is 32.4 Å². The molecule has 1 aromatic rings. The van der Waals surface area contributed by atoms with Gasteiger partial charge in [0.2, 0.25) is 6.79 Å². The summed E-state index contributed by atoms with van der Waals surface area (Å²) in [4.78, 5) is 37.2. The van der Waals surface area contributed by atoms with Gasteiger partial charge in [0.25, 0.3) is 5.56 Å². The largest absolute Gasteiger partial charge is 0.479 e. The van der Waals surface area contributed by atoms with E-state index in [0.29, 0.717) is 19.3 Å². The molecule has 1 aromatic heterocycles. The maximum atomic E-state index is 12.7. The molecule has 3 unspecified atom stereocenters. The van der Waals surface area contributed by atoms with Gasteiger partial charge in [0.1, 0.15) is 6.23 Å². The molecule has 13 heteroatoms. The van der Waals surface area contributed by atoms with E-state index in [2.05, 4.69) is 4.98 Å². The summed E-state index contributed by atoms with van der Waals surface area (Å²) in [5.41, 5.74) is -2.83. The van der Waals surface area contributed by atoms with Gasteiger partial charge in [0.15, 0.2) is 6.79 Å². The lowest BCUT2D eigenvalue weighted by Crippen LogP contribution is -2.36. The number of aliphatic hydroxyl groups is 1. The summed E-state index contributed by atoms with van der Waals surface area (Å²) >= 11 is 0. The third-order valence-electron chi connectivity index (χ3n) is 4.75. The van der Waals surface area contributed by atoms with Gasteiger partial charge in [0, 0.05) is 12.3 Å². The van der Waals surface area contributed by atoms with E-state index in [1.54, 1.807) is 20.8 Å². The predicted molar refractivity (Wildman–Crippen MR) is 107 cm³/mol. The van der Waals surface area contributed by atoms with Crippen molar-refractivity contribution >= 4 is 13.8 Å². The minimum absolute atomic E-state index is 0.234. The molecule has 1 aliphatic rings. The molecule has 2 heterocycles. The molecule has 1 aliphatic heterocycles. The molecule has 0 radical (unpaired) electrons. The zero-order chi connectivity index (χ0) is 23.3. The summed E-state index contributed by atoms with van der Waals surface area (Å²) in [6.07, 6.45) is 2.03. The number of nitrogens with zero attached hydrogens (tertiary/aromatic N) is 1. The fraction of sp³-hybridized carbons (Fsp3) is 0.722. The quantitative estimate of drug-likeness (QED) is 0.297. The van der Waals surface area contributed by atoms with Crippen LogP contribution in [0.25, 0.3) is 0 Å². The van der Waals surface area contributed by atoms with Crippen molar-refractivity contribution in [1.82, 2.24) is 9.55 Å². The summed E-state index contributed by atoms with van der Waals surface area (Å²) in [5, 5.41) is 9.04. The topological polar surface area (TPSA) is 155 Å². The predicted octanol–water partition coefficient (Wildman–Crippen LogP) is 1.65. The number of aliphatic hydroxyl groups excluding tert-OH is 1. The number of phosphoric acid groups is 1. The minimum Gasteiger partial charge on any atom is -0.437 e. The highest BCUT2D eigenvalue weighted by Crippen LogP contribution is 2.51. The second-order valence-corrected chi connectivity index (χ2v) is 9.74. The third-order valence-corrected chi connectivity index (χ3v) is 6.05. The maximum absolute atomic E-state index is 12.7. The lowest BCUT2D eigenvalue weighted by molar-refractivity contribution is -0.161. The highest BCUT2D eigenvalue weighted by atomic mass is 31.2. The Kier molecular flexibility index (Phi) is 8.37. The zero-order valence-electron chi connectivity index (χ0n) is 18.0. The number of ether oxygens (including phenoxy) is 2. The van der Waals surface area contributed by atoms with Crippen LogP contribution in [0.2, 0.25) is 0 Å². The van der Waals surface area contributed by atoms with Gasteiger partial charge < -0.3 is 14.6 Å². The van der Waals surface area contributed by atoms with E-state index in [0.717, 1.165) is 0 Å². The second-order valence-electron chi connectivity index (χ2n) is 8.07. The van der Waals surface area contributed by atoms with Crippen molar-refractivity contribution in [2.24, 2.45) is 5.41 Å². The normalized spacial score (nSPS) is 23.5. The number of carbonyl (C=O) groups is 1. The van der Waals surface area contributed by atoms with E-state index < -0.39 is 55.9 Å².